The Balaban J connectivity index is 1.20. The summed E-state index contributed by atoms with van der Waals surface area (Å²) in [4.78, 5) is 30.1. The van der Waals surface area contributed by atoms with Crippen molar-refractivity contribution in [1.29, 1.82) is 0 Å². The Hall–Kier alpha value is -3.53. The van der Waals surface area contributed by atoms with E-state index in [4.69, 9.17) is 4.52 Å². The maximum Gasteiger partial charge on any atom is 0.276 e. The number of hydrogen-bond donors (Lipinski definition) is 1. The Morgan fingerprint density at radius 1 is 1.10 bits per heavy atom. The average molecular weight is 409 g/mol. The van der Waals surface area contributed by atoms with Crippen molar-refractivity contribution in [2.45, 2.75) is 6.92 Å². The number of piperazine rings is 1. The van der Waals surface area contributed by atoms with E-state index in [9.17, 15) is 9.59 Å². The van der Waals surface area contributed by atoms with Crippen LogP contribution in [0.2, 0.25) is 0 Å². The molecular weight excluding hydrogens is 386 g/mol. The Labute approximate surface area is 173 Å². The molecule has 30 heavy (non-hydrogen) atoms. The fourth-order valence-corrected chi connectivity index (χ4v) is 3.27. The van der Waals surface area contributed by atoms with Crippen LogP contribution < -0.4 is 5.32 Å². The van der Waals surface area contributed by atoms with Crippen LogP contribution in [0.25, 0.3) is 5.69 Å². The summed E-state index contributed by atoms with van der Waals surface area (Å²) >= 11 is 0. The normalized spacial score (nSPS) is 14.6. The summed E-state index contributed by atoms with van der Waals surface area (Å²) in [6, 6.07) is 11.1. The van der Waals surface area contributed by atoms with Gasteiger partial charge in [0, 0.05) is 45.3 Å². The van der Waals surface area contributed by atoms with Crippen LogP contribution in [0, 0.1) is 6.92 Å². The van der Waals surface area contributed by atoms with Crippen molar-refractivity contribution in [2.75, 3.05) is 39.3 Å². The van der Waals surface area contributed by atoms with E-state index < -0.39 is 0 Å². The van der Waals surface area contributed by atoms with Gasteiger partial charge in [0.15, 0.2) is 11.4 Å². The van der Waals surface area contributed by atoms with Gasteiger partial charge in [0.1, 0.15) is 5.76 Å². The average Bonchev–Trinajstić information content (AvgIpc) is 3.44. The van der Waals surface area contributed by atoms with E-state index in [2.05, 4.69) is 25.6 Å². The Kier molecular flexibility index (Phi) is 5.84. The predicted octanol–water partition coefficient (Wildman–Crippen LogP) is 0.752. The molecule has 10 nitrogen and oxygen atoms in total. The standard InChI is InChI=1S/C20H23N7O3/c1-15-13-17(24-30-15)20(29)26-11-9-25(10-12-26)8-7-21-19(28)18-14-22-27(23-18)16-5-3-2-4-6-16/h2-6,13-14H,7-12H2,1H3,(H,21,28). The van der Waals surface area contributed by atoms with Gasteiger partial charge in [0.2, 0.25) is 0 Å². The minimum Gasteiger partial charge on any atom is -0.361 e. The molecule has 1 aliphatic rings. The molecule has 0 atom stereocenters. The van der Waals surface area contributed by atoms with E-state index >= 15 is 0 Å². The van der Waals surface area contributed by atoms with Crippen molar-refractivity contribution in [3.8, 4) is 5.69 Å². The summed E-state index contributed by atoms with van der Waals surface area (Å²) in [5.41, 5.74) is 1.42. The summed E-state index contributed by atoms with van der Waals surface area (Å²) in [5.74, 6) is 0.255. The summed E-state index contributed by atoms with van der Waals surface area (Å²) < 4.78 is 4.98. The lowest BCUT2D eigenvalue weighted by atomic mass is 10.2. The van der Waals surface area contributed by atoms with Gasteiger partial charge in [0.05, 0.1) is 11.9 Å². The number of para-hydroxylation sites is 1. The number of rotatable bonds is 6. The van der Waals surface area contributed by atoms with Crippen LogP contribution in [-0.4, -0.2) is 81.0 Å². The zero-order valence-electron chi connectivity index (χ0n) is 16.7. The van der Waals surface area contributed by atoms with Crippen LogP contribution in [0.15, 0.2) is 47.1 Å². The highest BCUT2D eigenvalue weighted by molar-refractivity contribution is 5.92. The van der Waals surface area contributed by atoms with Crippen LogP contribution in [0.1, 0.15) is 26.7 Å². The molecule has 1 fully saturated rings. The zero-order valence-corrected chi connectivity index (χ0v) is 16.7. The highest BCUT2D eigenvalue weighted by atomic mass is 16.5. The second kappa shape index (κ2) is 8.87. The summed E-state index contributed by atoms with van der Waals surface area (Å²) in [5, 5.41) is 15.0. The molecule has 0 bridgehead atoms. The molecule has 0 radical (unpaired) electrons. The lowest BCUT2D eigenvalue weighted by molar-refractivity contribution is 0.0628. The van der Waals surface area contributed by atoms with E-state index in [1.807, 2.05) is 30.3 Å². The number of hydrogen-bond acceptors (Lipinski definition) is 7. The largest absolute Gasteiger partial charge is 0.361 e. The summed E-state index contributed by atoms with van der Waals surface area (Å²) in [6.07, 6.45) is 1.46. The van der Waals surface area contributed by atoms with Gasteiger partial charge < -0.3 is 14.7 Å². The van der Waals surface area contributed by atoms with E-state index in [1.54, 1.807) is 17.9 Å². The SMILES string of the molecule is Cc1cc(C(=O)N2CCN(CCNC(=O)c3cnn(-c4ccccc4)n3)CC2)no1. The van der Waals surface area contributed by atoms with Gasteiger partial charge in [-0.05, 0) is 19.1 Å². The molecule has 0 spiro atoms. The maximum atomic E-state index is 12.4. The first-order chi connectivity index (χ1) is 14.6. The third-order valence-corrected chi connectivity index (χ3v) is 4.93. The molecule has 3 heterocycles. The molecule has 1 saturated heterocycles. The fraction of sp³-hybridized carbons (Fsp3) is 0.350. The first kappa shape index (κ1) is 19.8. The number of aryl methyl sites for hydroxylation is 1. The van der Waals surface area contributed by atoms with Crippen molar-refractivity contribution in [1.82, 2.24) is 35.3 Å². The Morgan fingerprint density at radius 2 is 1.87 bits per heavy atom. The molecule has 0 unspecified atom stereocenters. The predicted molar refractivity (Wildman–Crippen MR) is 107 cm³/mol. The highest BCUT2D eigenvalue weighted by Gasteiger charge is 2.24. The van der Waals surface area contributed by atoms with Crippen molar-refractivity contribution in [3.63, 3.8) is 0 Å². The quantitative estimate of drug-likeness (QED) is 0.640. The van der Waals surface area contributed by atoms with Crippen LogP contribution in [0.4, 0.5) is 0 Å². The first-order valence-electron chi connectivity index (χ1n) is 9.81. The van der Waals surface area contributed by atoms with Gasteiger partial charge in [-0.2, -0.15) is 9.90 Å². The number of nitrogens with zero attached hydrogens (tertiary/aromatic N) is 6. The Morgan fingerprint density at radius 3 is 2.57 bits per heavy atom. The monoisotopic (exact) mass is 409 g/mol. The molecule has 1 aromatic carbocycles. The third kappa shape index (κ3) is 4.54. The van der Waals surface area contributed by atoms with Crippen LogP contribution >= 0.6 is 0 Å². The van der Waals surface area contributed by atoms with E-state index in [1.165, 1.54) is 11.0 Å². The molecule has 3 aromatic rings. The molecule has 156 valence electrons. The Bertz CT molecular complexity index is 1010. The lowest BCUT2D eigenvalue weighted by Gasteiger charge is -2.34. The van der Waals surface area contributed by atoms with Crippen LogP contribution in [0.5, 0.6) is 0 Å². The number of amides is 2. The minimum absolute atomic E-state index is 0.110. The number of benzene rings is 1. The van der Waals surface area contributed by atoms with Gasteiger partial charge in [0.25, 0.3) is 11.8 Å². The van der Waals surface area contributed by atoms with Gasteiger partial charge in [-0.3, -0.25) is 14.5 Å². The number of nitrogens with one attached hydrogen (secondary N) is 1. The second-order valence-corrected chi connectivity index (χ2v) is 7.07. The zero-order chi connectivity index (χ0) is 20.9. The van der Waals surface area contributed by atoms with Gasteiger partial charge in [-0.15, -0.1) is 5.10 Å². The molecule has 2 aromatic heterocycles. The number of aromatic nitrogens is 4. The maximum absolute atomic E-state index is 12.4. The van der Waals surface area contributed by atoms with Crippen LogP contribution in [-0.2, 0) is 0 Å². The third-order valence-electron chi connectivity index (χ3n) is 4.93. The van der Waals surface area contributed by atoms with E-state index in [-0.39, 0.29) is 17.5 Å². The molecule has 4 rings (SSSR count). The second-order valence-electron chi connectivity index (χ2n) is 7.07. The first-order valence-corrected chi connectivity index (χ1v) is 9.81. The summed E-state index contributed by atoms with van der Waals surface area (Å²) in [7, 11) is 0. The molecule has 1 N–H and O–H groups in total. The fourth-order valence-electron chi connectivity index (χ4n) is 3.27. The van der Waals surface area contributed by atoms with Crippen molar-refractivity contribution >= 4 is 11.8 Å². The minimum atomic E-state index is -0.257. The van der Waals surface area contributed by atoms with Gasteiger partial charge in [-0.25, -0.2) is 0 Å². The number of carbonyl (C=O) groups is 2. The van der Waals surface area contributed by atoms with Crippen molar-refractivity contribution in [3.05, 3.63) is 59.7 Å². The van der Waals surface area contributed by atoms with Crippen molar-refractivity contribution < 1.29 is 14.1 Å². The molecule has 1 aliphatic heterocycles. The molecule has 0 saturated carbocycles. The number of carbonyl (C=O) groups excluding carboxylic acids is 2. The molecule has 2 amide bonds. The van der Waals surface area contributed by atoms with Crippen molar-refractivity contribution in [2.24, 2.45) is 0 Å². The molecular formula is C20H23N7O3. The molecule has 10 heteroatoms. The van der Waals surface area contributed by atoms with Gasteiger partial charge in [-0.1, -0.05) is 23.4 Å². The highest BCUT2D eigenvalue weighted by Crippen LogP contribution is 2.09. The molecule has 0 aliphatic carbocycles. The topological polar surface area (TPSA) is 109 Å². The van der Waals surface area contributed by atoms with Gasteiger partial charge >= 0.3 is 0 Å². The summed E-state index contributed by atoms with van der Waals surface area (Å²) in [6.45, 7) is 5.66. The smallest absolute Gasteiger partial charge is 0.276 e. The van der Waals surface area contributed by atoms with E-state index in [0.717, 1.165) is 18.8 Å². The lowest BCUT2D eigenvalue weighted by Crippen LogP contribution is -2.50. The van der Waals surface area contributed by atoms with E-state index in [0.29, 0.717) is 37.6 Å². The van der Waals surface area contributed by atoms with Crippen LogP contribution in [0.3, 0.4) is 0 Å².